The van der Waals surface area contributed by atoms with E-state index in [2.05, 4.69) is 50.8 Å². The molecule has 1 nitrogen and oxygen atoms in total. The summed E-state index contributed by atoms with van der Waals surface area (Å²) in [6.45, 7) is 8.28. The second kappa shape index (κ2) is 6.09. The molecule has 0 fully saturated rings. The smallest absolute Gasteiger partial charge is 0.00556 e. The van der Waals surface area contributed by atoms with Gasteiger partial charge in [-0.05, 0) is 48.4 Å². The normalized spacial score (nSPS) is 11.9. The molecule has 0 unspecified atom stereocenters. The molecule has 1 aromatic rings. The SMILES string of the molecule is C=C(/C=C\N(C)C)/C=C(\C)c1ccccc1C. The second-order valence-electron chi connectivity index (χ2n) is 4.50. The average molecular weight is 227 g/mol. The van der Waals surface area contributed by atoms with Crippen LogP contribution in [0.3, 0.4) is 0 Å². The van der Waals surface area contributed by atoms with Gasteiger partial charge in [0, 0.05) is 14.1 Å². The van der Waals surface area contributed by atoms with E-state index in [0.29, 0.717) is 0 Å². The predicted octanol–water partition coefficient (Wildman–Crippen LogP) is 4.03. The summed E-state index contributed by atoms with van der Waals surface area (Å²) >= 11 is 0. The van der Waals surface area contributed by atoms with E-state index in [9.17, 15) is 0 Å². The van der Waals surface area contributed by atoms with Crippen molar-refractivity contribution in [1.82, 2.24) is 4.90 Å². The van der Waals surface area contributed by atoms with E-state index < -0.39 is 0 Å². The Morgan fingerprint density at radius 3 is 2.47 bits per heavy atom. The van der Waals surface area contributed by atoms with Crippen molar-refractivity contribution in [2.24, 2.45) is 0 Å². The molecule has 17 heavy (non-hydrogen) atoms. The van der Waals surface area contributed by atoms with Gasteiger partial charge in [-0.2, -0.15) is 0 Å². The molecule has 0 amide bonds. The molecule has 0 aliphatic heterocycles. The topological polar surface area (TPSA) is 3.24 Å². The lowest BCUT2D eigenvalue weighted by atomic mass is 10.0. The van der Waals surface area contributed by atoms with Crippen molar-refractivity contribution in [3.8, 4) is 0 Å². The fraction of sp³-hybridized carbons (Fsp3) is 0.250. The van der Waals surface area contributed by atoms with Crippen LogP contribution in [-0.4, -0.2) is 19.0 Å². The Hall–Kier alpha value is -1.76. The van der Waals surface area contributed by atoms with Gasteiger partial charge in [0.25, 0.3) is 0 Å². The molecule has 1 rings (SSSR count). The standard InChI is InChI=1S/C16H21N/c1-13(10-11-17(4)5)12-15(3)16-9-7-6-8-14(16)2/h6-12H,1H2,2-5H3/b11-10-,15-12+. The molecule has 0 atom stereocenters. The zero-order valence-electron chi connectivity index (χ0n) is 11.2. The lowest BCUT2D eigenvalue weighted by molar-refractivity contribution is 0.563. The van der Waals surface area contributed by atoms with Crippen LogP contribution in [0.25, 0.3) is 5.57 Å². The molecule has 0 radical (unpaired) electrons. The fourth-order valence-corrected chi connectivity index (χ4v) is 1.66. The van der Waals surface area contributed by atoms with Gasteiger partial charge < -0.3 is 4.90 Å². The maximum Gasteiger partial charge on any atom is 0.00556 e. The van der Waals surface area contributed by atoms with Crippen molar-refractivity contribution in [3.05, 3.63) is 65.9 Å². The Labute approximate surface area is 105 Å². The minimum Gasteiger partial charge on any atom is -0.383 e. The van der Waals surface area contributed by atoms with Gasteiger partial charge in [-0.3, -0.25) is 0 Å². The first-order valence-electron chi connectivity index (χ1n) is 5.78. The second-order valence-corrected chi connectivity index (χ2v) is 4.50. The van der Waals surface area contributed by atoms with E-state index in [0.717, 1.165) is 5.57 Å². The van der Waals surface area contributed by atoms with Crippen molar-refractivity contribution in [2.75, 3.05) is 14.1 Å². The van der Waals surface area contributed by atoms with E-state index in [-0.39, 0.29) is 0 Å². The van der Waals surface area contributed by atoms with Crippen LogP contribution in [-0.2, 0) is 0 Å². The van der Waals surface area contributed by atoms with E-state index in [4.69, 9.17) is 0 Å². The number of allylic oxidation sites excluding steroid dienone is 4. The molecule has 0 aliphatic rings. The summed E-state index contributed by atoms with van der Waals surface area (Å²) < 4.78 is 0. The first kappa shape index (κ1) is 13.3. The van der Waals surface area contributed by atoms with Gasteiger partial charge in [-0.25, -0.2) is 0 Å². The Balaban J connectivity index is 2.87. The third-order valence-corrected chi connectivity index (χ3v) is 2.56. The molecule has 0 aromatic heterocycles. The molecule has 0 heterocycles. The molecule has 0 N–H and O–H groups in total. The zero-order chi connectivity index (χ0) is 12.8. The molecule has 0 saturated heterocycles. The number of rotatable bonds is 4. The molecular formula is C16H21N. The average Bonchev–Trinajstić information content (AvgIpc) is 2.26. The van der Waals surface area contributed by atoms with Crippen LogP contribution in [0.5, 0.6) is 0 Å². The van der Waals surface area contributed by atoms with Gasteiger partial charge in [0.15, 0.2) is 0 Å². The Morgan fingerprint density at radius 1 is 1.24 bits per heavy atom. The van der Waals surface area contributed by atoms with Gasteiger partial charge in [0.05, 0.1) is 0 Å². The van der Waals surface area contributed by atoms with Crippen molar-refractivity contribution in [1.29, 1.82) is 0 Å². The molecular weight excluding hydrogens is 206 g/mol. The van der Waals surface area contributed by atoms with E-state index >= 15 is 0 Å². The van der Waals surface area contributed by atoms with Crippen molar-refractivity contribution in [3.63, 3.8) is 0 Å². The highest BCUT2D eigenvalue weighted by Crippen LogP contribution is 2.19. The molecule has 1 heteroatoms. The van der Waals surface area contributed by atoms with Crippen LogP contribution < -0.4 is 0 Å². The fourth-order valence-electron chi connectivity index (χ4n) is 1.66. The van der Waals surface area contributed by atoms with Gasteiger partial charge >= 0.3 is 0 Å². The van der Waals surface area contributed by atoms with Crippen LogP contribution in [0.2, 0.25) is 0 Å². The van der Waals surface area contributed by atoms with Crippen molar-refractivity contribution in [2.45, 2.75) is 13.8 Å². The van der Waals surface area contributed by atoms with Gasteiger partial charge in [-0.15, -0.1) is 0 Å². The van der Waals surface area contributed by atoms with Crippen LogP contribution in [0, 0.1) is 6.92 Å². The Kier molecular flexibility index (Phi) is 4.77. The van der Waals surface area contributed by atoms with Crippen LogP contribution in [0.15, 0.2) is 54.8 Å². The highest BCUT2D eigenvalue weighted by atomic mass is 15.0. The zero-order valence-corrected chi connectivity index (χ0v) is 11.2. The van der Waals surface area contributed by atoms with E-state index in [1.54, 1.807) is 0 Å². The van der Waals surface area contributed by atoms with Gasteiger partial charge in [0.1, 0.15) is 0 Å². The maximum atomic E-state index is 4.03. The quantitative estimate of drug-likeness (QED) is 0.702. The molecule has 1 aromatic carbocycles. The summed E-state index contributed by atoms with van der Waals surface area (Å²) in [7, 11) is 4.00. The lowest BCUT2D eigenvalue weighted by Gasteiger charge is -2.06. The van der Waals surface area contributed by atoms with Crippen LogP contribution in [0.1, 0.15) is 18.1 Å². The summed E-state index contributed by atoms with van der Waals surface area (Å²) in [6, 6.07) is 8.40. The monoisotopic (exact) mass is 227 g/mol. The third-order valence-electron chi connectivity index (χ3n) is 2.56. The number of hydrogen-bond acceptors (Lipinski definition) is 1. The molecule has 0 bridgehead atoms. The first-order chi connectivity index (χ1) is 8.00. The molecule has 90 valence electrons. The summed E-state index contributed by atoms with van der Waals surface area (Å²) in [5, 5.41) is 0. The molecule has 0 saturated carbocycles. The summed E-state index contributed by atoms with van der Waals surface area (Å²) in [5.41, 5.74) is 4.84. The minimum atomic E-state index is 1.01. The van der Waals surface area contributed by atoms with E-state index in [1.807, 2.05) is 31.3 Å². The third kappa shape index (κ3) is 4.31. The number of aryl methyl sites for hydroxylation is 1. The van der Waals surface area contributed by atoms with Gasteiger partial charge in [-0.1, -0.05) is 36.9 Å². The van der Waals surface area contributed by atoms with E-state index in [1.165, 1.54) is 16.7 Å². The summed E-state index contributed by atoms with van der Waals surface area (Å²) in [5.74, 6) is 0. The first-order valence-corrected chi connectivity index (χ1v) is 5.78. The summed E-state index contributed by atoms with van der Waals surface area (Å²) in [4.78, 5) is 2.00. The lowest BCUT2D eigenvalue weighted by Crippen LogP contribution is -1.99. The molecule has 0 aliphatic carbocycles. The Morgan fingerprint density at radius 2 is 1.88 bits per heavy atom. The van der Waals surface area contributed by atoms with Crippen LogP contribution in [0.4, 0.5) is 0 Å². The van der Waals surface area contributed by atoms with Crippen LogP contribution >= 0.6 is 0 Å². The highest BCUT2D eigenvalue weighted by Gasteiger charge is 1.98. The number of nitrogens with zero attached hydrogens (tertiary/aromatic N) is 1. The number of benzene rings is 1. The summed E-state index contributed by atoms with van der Waals surface area (Å²) in [6.07, 6.45) is 6.13. The van der Waals surface area contributed by atoms with Crippen molar-refractivity contribution < 1.29 is 0 Å². The predicted molar refractivity (Wildman–Crippen MR) is 76.8 cm³/mol. The minimum absolute atomic E-state index is 1.01. The Bertz CT molecular complexity index is 450. The maximum absolute atomic E-state index is 4.03. The highest BCUT2D eigenvalue weighted by molar-refractivity contribution is 5.69. The molecule has 0 spiro atoms. The van der Waals surface area contributed by atoms with Crippen molar-refractivity contribution >= 4 is 5.57 Å². The number of hydrogen-bond donors (Lipinski definition) is 0. The largest absolute Gasteiger partial charge is 0.383 e. The van der Waals surface area contributed by atoms with Gasteiger partial charge in [0.2, 0.25) is 0 Å².